The summed E-state index contributed by atoms with van der Waals surface area (Å²) in [7, 11) is 0. The summed E-state index contributed by atoms with van der Waals surface area (Å²) in [6.45, 7) is 6.77. The molecule has 0 unspecified atom stereocenters. The van der Waals surface area contributed by atoms with Crippen molar-refractivity contribution in [2.24, 2.45) is 0 Å². The molecule has 0 N–H and O–H groups in total. The van der Waals surface area contributed by atoms with Crippen LogP contribution in [0.1, 0.15) is 125 Å². The van der Waals surface area contributed by atoms with E-state index in [0.717, 1.165) is 24.1 Å². The summed E-state index contributed by atoms with van der Waals surface area (Å²) in [5.74, 6) is 0.581. The number of carbonyl (C=O) groups excluding carboxylic acids is 1. The van der Waals surface area contributed by atoms with Crippen LogP contribution in [0.3, 0.4) is 0 Å². The molecular weight excluding hydrogens is 714 g/mol. The predicted octanol–water partition coefficient (Wildman–Crippen LogP) is 8.01. The van der Waals surface area contributed by atoms with Crippen LogP contribution in [0, 0.1) is 0 Å². The Kier molecular flexibility index (Phi) is 20.5. The van der Waals surface area contributed by atoms with Crippen molar-refractivity contribution in [3.8, 4) is 5.75 Å². The van der Waals surface area contributed by atoms with Gasteiger partial charge >= 0.3 is 0 Å². The Morgan fingerprint density at radius 3 is 1.91 bits per heavy atom. The summed E-state index contributed by atoms with van der Waals surface area (Å²) in [6.07, 6.45) is 22.8. The van der Waals surface area contributed by atoms with E-state index < -0.39 is 0 Å². The number of carbonyl (C=O) groups is 1. The van der Waals surface area contributed by atoms with Crippen LogP contribution in [0.2, 0.25) is 10.0 Å². The largest absolute Gasteiger partial charge is 1.00 e. The van der Waals surface area contributed by atoms with E-state index in [0.29, 0.717) is 41.1 Å². The average molecular weight is 768 g/mol. The Morgan fingerprint density at radius 1 is 0.711 bits per heavy atom. The normalized spacial score (nSPS) is 10.8. The summed E-state index contributed by atoms with van der Waals surface area (Å²) in [4.78, 5) is 15.4. The number of pyridine rings is 1. The molecule has 3 rings (SSSR count). The first-order chi connectivity index (χ1) is 21.5. The third kappa shape index (κ3) is 15.1. The molecular formula is C38H53Cl2IN2O2. The molecule has 0 saturated carbocycles. The van der Waals surface area contributed by atoms with Gasteiger partial charge in [-0.25, -0.2) is 4.57 Å². The number of unbranched alkanes of at least 4 members (excludes halogenated alkanes) is 13. The van der Waals surface area contributed by atoms with E-state index in [1.807, 2.05) is 53.6 Å². The van der Waals surface area contributed by atoms with Gasteiger partial charge in [-0.15, -0.1) is 0 Å². The van der Waals surface area contributed by atoms with Crippen molar-refractivity contribution in [2.75, 3.05) is 6.61 Å². The molecule has 0 saturated heterocycles. The fraction of sp³-hybridized carbons (Fsp3) is 0.526. The SMILES string of the molecule is CCCCCCCCCCCCCCCCOc1ccc(CN(Cc2ccc[n+](CC)c2)C(=O)c2ccccc2Cl)cc1Cl.[I-]. The number of ether oxygens (including phenoxy) is 1. The van der Waals surface area contributed by atoms with Gasteiger partial charge in [0.15, 0.2) is 12.4 Å². The first-order valence-corrected chi connectivity index (χ1v) is 17.7. The highest BCUT2D eigenvalue weighted by Crippen LogP contribution is 2.28. The Labute approximate surface area is 299 Å². The van der Waals surface area contributed by atoms with E-state index in [2.05, 4.69) is 24.6 Å². The van der Waals surface area contributed by atoms with E-state index in [1.54, 1.807) is 12.1 Å². The zero-order chi connectivity index (χ0) is 31.4. The molecule has 0 atom stereocenters. The third-order valence-electron chi connectivity index (χ3n) is 8.17. The summed E-state index contributed by atoms with van der Waals surface area (Å²) in [6, 6.07) is 17.1. The molecule has 4 nitrogen and oxygen atoms in total. The lowest BCUT2D eigenvalue weighted by Gasteiger charge is -2.23. The molecule has 0 fully saturated rings. The molecule has 0 aliphatic rings. The van der Waals surface area contributed by atoms with Gasteiger partial charge in [0.25, 0.3) is 5.91 Å². The lowest BCUT2D eigenvalue weighted by atomic mass is 10.0. The van der Waals surface area contributed by atoms with Gasteiger partial charge in [-0.1, -0.05) is 132 Å². The average Bonchev–Trinajstić information content (AvgIpc) is 3.03. The quantitative estimate of drug-likeness (QED) is 0.0590. The second-order valence-electron chi connectivity index (χ2n) is 11.9. The van der Waals surface area contributed by atoms with Crippen LogP contribution in [0.4, 0.5) is 0 Å². The summed E-state index contributed by atoms with van der Waals surface area (Å²) in [5.41, 5.74) is 2.49. The Morgan fingerprint density at radius 2 is 1.31 bits per heavy atom. The number of halogens is 3. The molecule has 1 amide bonds. The summed E-state index contributed by atoms with van der Waals surface area (Å²) < 4.78 is 8.13. The number of nitrogens with zero attached hydrogens (tertiary/aromatic N) is 2. The van der Waals surface area contributed by atoms with Crippen molar-refractivity contribution in [3.05, 3.63) is 93.7 Å². The van der Waals surface area contributed by atoms with Crippen LogP contribution in [0.15, 0.2) is 67.0 Å². The molecule has 248 valence electrons. The van der Waals surface area contributed by atoms with Crippen molar-refractivity contribution in [3.63, 3.8) is 0 Å². The maximum atomic E-state index is 13.6. The molecule has 0 aliphatic carbocycles. The van der Waals surface area contributed by atoms with Crippen molar-refractivity contribution >= 4 is 29.1 Å². The van der Waals surface area contributed by atoms with Gasteiger partial charge in [-0.3, -0.25) is 4.79 Å². The van der Waals surface area contributed by atoms with E-state index in [9.17, 15) is 4.79 Å². The molecule has 45 heavy (non-hydrogen) atoms. The topological polar surface area (TPSA) is 33.4 Å². The van der Waals surface area contributed by atoms with Crippen molar-refractivity contribution in [1.29, 1.82) is 0 Å². The first kappa shape index (κ1) is 39.3. The van der Waals surface area contributed by atoms with Gasteiger partial charge in [0.05, 0.1) is 28.8 Å². The molecule has 2 aromatic carbocycles. The van der Waals surface area contributed by atoms with Gasteiger partial charge in [0.2, 0.25) is 0 Å². The molecule has 1 aromatic heterocycles. The van der Waals surface area contributed by atoms with E-state index in [4.69, 9.17) is 27.9 Å². The summed E-state index contributed by atoms with van der Waals surface area (Å²) in [5, 5.41) is 1.02. The maximum absolute atomic E-state index is 13.6. The van der Waals surface area contributed by atoms with Gasteiger partial charge in [0, 0.05) is 18.2 Å². The van der Waals surface area contributed by atoms with Crippen LogP contribution in [-0.4, -0.2) is 17.4 Å². The lowest BCUT2D eigenvalue weighted by Crippen LogP contribution is -3.00. The second kappa shape index (κ2) is 23.5. The Balaban J connectivity index is 0.00000705. The standard InChI is InChI=1S/C38H53Cl2N2O2.HI/c1-3-5-6-7-8-9-10-11-12-13-14-15-16-19-27-44-37-25-24-32(28-36(37)40)30-42(31-33-21-20-26-41(4-2)29-33)38(43)34-22-17-18-23-35(34)39;/h17-18,20-26,28-29H,3-16,19,27,30-31H2,1-2H3;1H/q+1;/p-1. The number of rotatable bonds is 22. The smallest absolute Gasteiger partial charge is 0.255 e. The minimum absolute atomic E-state index is 0. The fourth-order valence-corrected chi connectivity index (χ4v) is 6.02. The zero-order valence-electron chi connectivity index (χ0n) is 27.4. The number of benzene rings is 2. The monoisotopic (exact) mass is 766 g/mol. The maximum Gasteiger partial charge on any atom is 0.255 e. The number of aromatic nitrogens is 1. The molecule has 7 heteroatoms. The molecule has 3 aromatic rings. The van der Waals surface area contributed by atoms with Crippen molar-refractivity contribution < 1.29 is 38.1 Å². The molecule has 0 aliphatic heterocycles. The molecule has 0 radical (unpaired) electrons. The highest BCUT2D eigenvalue weighted by atomic mass is 127. The minimum Gasteiger partial charge on any atom is -1.00 e. The van der Waals surface area contributed by atoms with E-state index >= 15 is 0 Å². The van der Waals surface area contributed by atoms with Gasteiger partial charge in [0.1, 0.15) is 12.3 Å². The Hall–Kier alpha value is -1.83. The van der Waals surface area contributed by atoms with Crippen LogP contribution in [0.25, 0.3) is 0 Å². The predicted molar refractivity (Wildman–Crippen MR) is 185 cm³/mol. The van der Waals surface area contributed by atoms with Crippen LogP contribution >= 0.6 is 23.2 Å². The zero-order valence-corrected chi connectivity index (χ0v) is 31.1. The van der Waals surface area contributed by atoms with E-state index in [-0.39, 0.29) is 29.9 Å². The molecule has 0 spiro atoms. The third-order valence-corrected chi connectivity index (χ3v) is 8.80. The molecule has 1 heterocycles. The fourth-order valence-electron chi connectivity index (χ4n) is 5.55. The van der Waals surface area contributed by atoms with E-state index in [1.165, 1.54) is 83.5 Å². The second-order valence-corrected chi connectivity index (χ2v) is 12.7. The van der Waals surface area contributed by atoms with Crippen molar-refractivity contribution in [1.82, 2.24) is 4.90 Å². The van der Waals surface area contributed by atoms with Crippen LogP contribution in [-0.2, 0) is 19.6 Å². The van der Waals surface area contributed by atoms with Gasteiger partial charge in [-0.05, 0) is 49.2 Å². The van der Waals surface area contributed by atoms with Gasteiger partial charge < -0.3 is 33.6 Å². The van der Waals surface area contributed by atoms with Crippen molar-refractivity contribution in [2.45, 2.75) is 123 Å². The Bertz CT molecular complexity index is 1260. The van der Waals surface area contributed by atoms with Crippen LogP contribution in [0.5, 0.6) is 5.75 Å². The first-order valence-electron chi connectivity index (χ1n) is 16.9. The number of hydrogen-bond acceptors (Lipinski definition) is 2. The minimum atomic E-state index is -0.114. The summed E-state index contributed by atoms with van der Waals surface area (Å²) >= 11 is 13.1. The number of hydrogen-bond donors (Lipinski definition) is 0. The van der Waals surface area contributed by atoms with Crippen LogP contribution < -0.4 is 33.3 Å². The van der Waals surface area contributed by atoms with Gasteiger partial charge in [-0.2, -0.15) is 0 Å². The lowest BCUT2D eigenvalue weighted by molar-refractivity contribution is -0.694. The number of amides is 1. The highest BCUT2D eigenvalue weighted by Gasteiger charge is 2.20. The highest BCUT2D eigenvalue weighted by molar-refractivity contribution is 6.33. The number of aryl methyl sites for hydroxylation is 1. The molecule has 0 bridgehead atoms.